The van der Waals surface area contributed by atoms with E-state index in [1.807, 2.05) is 0 Å². The Labute approximate surface area is 85.6 Å². The number of rotatable bonds is 4. The molecule has 5 heteroatoms. The van der Waals surface area contributed by atoms with Gasteiger partial charge in [0.25, 0.3) is 0 Å². The van der Waals surface area contributed by atoms with E-state index in [-0.39, 0.29) is 18.1 Å². The normalized spacial score (nSPS) is 26.0. The molecule has 0 aliphatic carbocycles. The molecule has 1 N–H and O–H groups in total. The van der Waals surface area contributed by atoms with Gasteiger partial charge in [-0.15, -0.1) is 0 Å². The highest BCUT2D eigenvalue weighted by Crippen LogP contribution is 2.17. The zero-order valence-electron chi connectivity index (χ0n) is 8.53. The second kappa shape index (κ2) is 5.09. The highest BCUT2D eigenvalue weighted by atomic mass is 32.2. The highest BCUT2D eigenvalue weighted by molar-refractivity contribution is 7.90. The van der Waals surface area contributed by atoms with Crippen LogP contribution in [0, 0.1) is 5.92 Å². The van der Waals surface area contributed by atoms with Crippen molar-refractivity contribution in [1.82, 2.24) is 5.32 Å². The maximum absolute atomic E-state index is 11.6. The molecule has 2 unspecified atom stereocenters. The van der Waals surface area contributed by atoms with Gasteiger partial charge in [-0.1, -0.05) is 0 Å². The van der Waals surface area contributed by atoms with Crippen molar-refractivity contribution in [2.45, 2.75) is 25.4 Å². The van der Waals surface area contributed by atoms with Gasteiger partial charge in [0.05, 0.1) is 11.9 Å². The Kier molecular flexibility index (Phi) is 4.34. The Morgan fingerprint density at radius 2 is 2.21 bits per heavy atom. The standard InChI is InChI=1S/C9H18NO3S/c1-14(12,13)6-4-9(11)8-3-2-5-10-7-8/h8-10H,2-7H2,1H3. The second-order valence-electron chi connectivity index (χ2n) is 4.06. The van der Waals surface area contributed by atoms with Gasteiger partial charge in [-0.05, 0) is 25.8 Å². The lowest BCUT2D eigenvalue weighted by molar-refractivity contribution is 0.0247. The molecule has 0 amide bonds. The third-order valence-corrected chi connectivity index (χ3v) is 3.61. The van der Waals surface area contributed by atoms with Crippen molar-refractivity contribution in [2.24, 2.45) is 5.92 Å². The molecule has 1 aliphatic heterocycles. The fourth-order valence-electron chi connectivity index (χ4n) is 1.76. The van der Waals surface area contributed by atoms with E-state index < -0.39 is 15.9 Å². The topological polar surface area (TPSA) is 66.1 Å². The minimum Gasteiger partial charge on any atom is -0.316 e. The molecule has 1 saturated heterocycles. The molecule has 4 nitrogen and oxygen atoms in total. The van der Waals surface area contributed by atoms with E-state index >= 15 is 0 Å². The van der Waals surface area contributed by atoms with Crippen LogP contribution < -0.4 is 5.32 Å². The molecule has 1 radical (unpaired) electrons. The van der Waals surface area contributed by atoms with Gasteiger partial charge in [0.15, 0.2) is 0 Å². The number of nitrogens with one attached hydrogen (secondary N) is 1. The molecular formula is C9H18NO3S. The first-order valence-corrected chi connectivity index (χ1v) is 7.09. The Hall–Kier alpha value is -0.130. The molecule has 0 aromatic heterocycles. The van der Waals surface area contributed by atoms with Crippen molar-refractivity contribution >= 4 is 9.84 Å². The molecule has 1 heterocycles. The number of piperidine rings is 1. The van der Waals surface area contributed by atoms with Gasteiger partial charge in [-0.3, -0.25) is 0 Å². The maximum atomic E-state index is 11.6. The smallest absolute Gasteiger partial charge is 0.147 e. The molecular weight excluding hydrogens is 202 g/mol. The van der Waals surface area contributed by atoms with Crippen molar-refractivity contribution in [3.8, 4) is 0 Å². The van der Waals surface area contributed by atoms with Gasteiger partial charge in [0.2, 0.25) is 0 Å². The van der Waals surface area contributed by atoms with E-state index in [2.05, 4.69) is 5.32 Å². The second-order valence-corrected chi connectivity index (χ2v) is 6.32. The van der Waals surface area contributed by atoms with Gasteiger partial charge < -0.3 is 5.32 Å². The lowest BCUT2D eigenvalue weighted by atomic mass is 9.92. The van der Waals surface area contributed by atoms with Crippen LogP contribution in [0.15, 0.2) is 0 Å². The maximum Gasteiger partial charge on any atom is 0.147 e. The lowest BCUT2D eigenvalue weighted by Gasteiger charge is -2.25. The molecule has 2 atom stereocenters. The highest BCUT2D eigenvalue weighted by Gasteiger charge is 2.23. The summed E-state index contributed by atoms with van der Waals surface area (Å²) in [6, 6.07) is 0. The Morgan fingerprint density at radius 3 is 2.71 bits per heavy atom. The third-order valence-electron chi connectivity index (χ3n) is 2.63. The predicted molar refractivity (Wildman–Crippen MR) is 54.4 cm³/mol. The summed E-state index contributed by atoms with van der Waals surface area (Å²) in [5.41, 5.74) is 0. The van der Waals surface area contributed by atoms with E-state index in [4.69, 9.17) is 0 Å². The van der Waals surface area contributed by atoms with Crippen molar-refractivity contribution in [1.29, 1.82) is 0 Å². The van der Waals surface area contributed by atoms with Gasteiger partial charge >= 0.3 is 0 Å². The summed E-state index contributed by atoms with van der Waals surface area (Å²) in [4.78, 5) is 0. The molecule has 0 bridgehead atoms. The summed E-state index contributed by atoms with van der Waals surface area (Å²) in [7, 11) is -2.98. The summed E-state index contributed by atoms with van der Waals surface area (Å²) in [6.45, 7) is 1.73. The first-order valence-electron chi connectivity index (χ1n) is 5.03. The van der Waals surface area contributed by atoms with E-state index in [9.17, 15) is 13.5 Å². The van der Waals surface area contributed by atoms with E-state index in [0.717, 1.165) is 25.9 Å². The predicted octanol–water partition coefficient (Wildman–Crippen LogP) is 0.220. The van der Waals surface area contributed by atoms with Crippen LogP contribution in [0.1, 0.15) is 19.3 Å². The molecule has 0 spiro atoms. The zero-order valence-corrected chi connectivity index (χ0v) is 9.35. The van der Waals surface area contributed by atoms with E-state index in [0.29, 0.717) is 0 Å². The number of hydrogen-bond donors (Lipinski definition) is 1. The summed E-state index contributed by atoms with van der Waals surface area (Å²) in [6.07, 6.45) is 2.68. The first-order chi connectivity index (χ1) is 6.49. The van der Waals surface area contributed by atoms with Crippen LogP contribution in [0.4, 0.5) is 0 Å². The van der Waals surface area contributed by atoms with Gasteiger partial charge in [0, 0.05) is 18.7 Å². The van der Waals surface area contributed by atoms with Crippen LogP contribution in [0.25, 0.3) is 0 Å². The lowest BCUT2D eigenvalue weighted by Crippen LogP contribution is -2.36. The summed E-state index contributed by atoms with van der Waals surface area (Å²) < 4.78 is 21.7. The summed E-state index contributed by atoms with van der Waals surface area (Å²) >= 11 is 0. The first kappa shape index (κ1) is 11.9. The van der Waals surface area contributed by atoms with Crippen LogP contribution in [0.3, 0.4) is 0 Å². The fraction of sp³-hybridized carbons (Fsp3) is 1.00. The summed E-state index contributed by atoms with van der Waals surface area (Å²) in [5.74, 6) is 0.142. The average Bonchev–Trinajstić information content (AvgIpc) is 2.14. The minimum absolute atomic E-state index is 0.0255. The Bertz CT molecular complexity index is 257. The molecule has 1 aliphatic rings. The quantitative estimate of drug-likeness (QED) is 0.737. The number of sulfone groups is 1. The molecule has 0 aromatic rings. The molecule has 1 fully saturated rings. The van der Waals surface area contributed by atoms with Gasteiger partial charge in [-0.25, -0.2) is 13.5 Å². The van der Waals surface area contributed by atoms with Crippen molar-refractivity contribution in [3.05, 3.63) is 0 Å². The van der Waals surface area contributed by atoms with Crippen LogP contribution in [0.5, 0.6) is 0 Å². The van der Waals surface area contributed by atoms with Crippen LogP contribution in [-0.4, -0.2) is 39.6 Å². The Morgan fingerprint density at radius 1 is 1.50 bits per heavy atom. The Balaban J connectivity index is 2.30. The summed E-state index contributed by atoms with van der Waals surface area (Å²) in [5, 5.41) is 14.8. The van der Waals surface area contributed by atoms with Gasteiger partial charge in [-0.2, -0.15) is 0 Å². The molecule has 0 saturated carbocycles. The largest absolute Gasteiger partial charge is 0.316 e. The molecule has 14 heavy (non-hydrogen) atoms. The van der Waals surface area contributed by atoms with Crippen molar-refractivity contribution in [3.63, 3.8) is 0 Å². The third kappa shape index (κ3) is 4.39. The fourth-order valence-corrected chi connectivity index (χ4v) is 2.42. The number of hydrogen-bond acceptors (Lipinski definition) is 3. The minimum atomic E-state index is -2.98. The van der Waals surface area contributed by atoms with Crippen LogP contribution in [-0.2, 0) is 14.9 Å². The van der Waals surface area contributed by atoms with Crippen molar-refractivity contribution < 1.29 is 13.5 Å². The SMILES string of the molecule is CS(=O)(=O)CCC([O])C1CCCNC1. The molecule has 1 rings (SSSR count). The van der Waals surface area contributed by atoms with Crippen molar-refractivity contribution in [2.75, 3.05) is 25.1 Å². The zero-order chi connectivity index (χ0) is 10.6. The van der Waals surface area contributed by atoms with Crippen LogP contribution >= 0.6 is 0 Å². The molecule has 83 valence electrons. The van der Waals surface area contributed by atoms with E-state index in [1.54, 1.807) is 0 Å². The average molecular weight is 220 g/mol. The molecule has 0 aromatic carbocycles. The monoisotopic (exact) mass is 220 g/mol. The van der Waals surface area contributed by atoms with E-state index in [1.165, 1.54) is 6.26 Å². The van der Waals surface area contributed by atoms with Crippen LogP contribution in [0.2, 0.25) is 0 Å². The van der Waals surface area contributed by atoms with Gasteiger partial charge in [0.1, 0.15) is 9.84 Å².